The first-order chi connectivity index (χ1) is 9.40. The van der Waals surface area contributed by atoms with Gasteiger partial charge in [-0.1, -0.05) is 23.2 Å². The van der Waals surface area contributed by atoms with Gasteiger partial charge in [0.25, 0.3) is 5.91 Å². The van der Waals surface area contributed by atoms with Crippen LogP contribution < -0.4 is 15.2 Å². The van der Waals surface area contributed by atoms with E-state index in [9.17, 15) is 13.2 Å². The number of sulfonamides is 1. The van der Waals surface area contributed by atoms with Gasteiger partial charge in [0.15, 0.2) is 12.4 Å². The van der Waals surface area contributed by atoms with Gasteiger partial charge in [-0.15, -0.1) is 0 Å². The van der Waals surface area contributed by atoms with Gasteiger partial charge in [-0.05, 0) is 32.9 Å². The van der Waals surface area contributed by atoms with Crippen LogP contribution in [0.4, 0.5) is 0 Å². The lowest BCUT2D eigenvalue weighted by atomic mass is 10.1. The zero-order chi connectivity index (χ0) is 16.4. The van der Waals surface area contributed by atoms with Crippen molar-refractivity contribution in [2.24, 2.45) is 5.14 Å². The lowest BCUT2D eigenvalue weighted by Gasteiger charge is -2.20. The Morgan fingerprint density at radius 2 is 1.76 bits per heavy atom. The molecule has 1 aromatic carbocycles. The minimum Gasteiger partial charge on any atom is -0.481 e. The van der Waals surface area contributed by atoms with Crippen molar-refractivity contribution in [1.82, 2.24) is 5.32 Å². The predicted octanol–water partition coefficient (Wildman–Crippen LogP) is 1.93. The van der Waals surface area contributed by atoms with Crippen LogP contribution in [0.2, 0.25) is 10.0 Å². The number of primary sulfonamides is 1. The molecule has 1 rings (SSSR count). The van der Waals surface area contributed by atoms with Gasteiger partial charge in [-0.3, -0.25) is 4.79 Å². The highest BCUT2D eigenvalue weighted by Crippen LogP contribution is 2.35. The maximum atomic E-state index is 11.6. The maximum Gasteiger partial charge on any atom is 0.258 e. The van der Waals surface area contributed by atoms with Gasteiger partial charge in [-0.2, -0.15) is 0 Å². The van der Waals surface area contributed by atoms with E-state index in [2.05, 4.69) is 5.32 Å². The molecule has 9 heteroatoms. The summed E-state index contributed by atoms with van der Waals surface area (Å²) in [5, 5.41) is 7.59. The van der Waals surface area contributed by atoms with Crippen molar-refractivity contribution in [3.05, 3.63) is 22.2 Å². The van der Waals surface area contributed by atoms with Crippen molar-refractivity contribution >= 4 is 39.1 Å². The number of hydrogen-bond acceptors (Lipinski definition) is 4. The Morgan fingerprint density at radius 1 is 1.29 bits per heavy atom. The summed E-state index contributed by atoms with van der Waals surface area (Å²) in [4.78, 5) is 11.4. The van der Waals surface area contributed by atoms with Crippen LogP contribution in [0.5, 0.6) is 5.75 Å². The normalized spacial score (nSPS) is 12.1. The number of nitrogens with one attached hydrogen (secondary N) is 1. The van der Waals surface area contributed by atoms with E-state index in [1.807, 2.05) is 20.8 Å². The van der Waals surface area contributed by atoms with Crippen molar-refractivity contribution in [1.29, 1.82) is 0 Å². The zero-order valence-corrected chi connectivity index (χ0v) is 14.1. The van der Waals surface area contributed by atoms with E-state index in [0.29, 0.717) is 0 Å². The second-order valence-corrected chi connectivity index (χ2v) is 7.72. The first-order valence-electron chi connectivity index (χ1n) is 5.86. The molecule has 0 spiro atoms. The number of rotatable bonds is 4. The van der Waals surface area contributed by atoms with Crippen LogP contribution in [0.15, 0.2) is 17.0 Å². The van der Waals surface area contributed by atoms with Crippen LogP contribution in [0.1, 0.15) is 20.8 Å². The molecule has 0 bridgehead atoms. The van der Waals surface area contributed by atoms with Crippen LogP contribution >= 0.6 is 23.2 Å². The summed E-state index contributed by atoms with van der Waals surface area (Å²) >= 11 is 11.8. The molecule has 0 radical (unpaired) electrons. The number of carbonyl (C=O) groups excluding carboxylic acids is 1. The fourth-order valence-corrected chi connectivity index (χ4v) is 2.72. The Bertz CT molecular complexity index is 631. The standard InChI is InChI=1S/C12H16Cl2N2O4S/c1-12(2,3)16-10(17)6-20-11-8(13)4-7(5-9(11)14)21(15,18)19/h4-5H,6H2,1-3H3,(H,16,17)(H2,15,18,19). The molecule has 0 atom stereocenters. The summed E-state index contributed by atoms with van der Waals surface area (Å²) < 4.78 is 27.7. The Morgan fingerprint density at radius 3 is 2.14 bits per heavy atom. The van der Waals surface area contributed by atoms with Gasteiger partial charge in [0, 0.05) is 5.54 Å². The number of halogens is 2. The summed E-state index contributed by atoms with van der Waals surface area (Å²) in [6.07, 6.45) is 0. The highest BCUT2D eigenvalue weighted by atomic mass is 35.5. The first kappa shape index (κ1) is 18.0. The molecule has 21 heavy (non-hydrogen) atoms. The van der Waals surface area contributed by atoms with E-state index >= 15 is 0 Å². The van der Waals surface area contributed by atoms with Gasteiger partial charge in [0.05, 0.1) is 14.9 Å². The van der Waals surface area contributed by atoms with Crippen molar-refractivity contribution < 1.29 is 17.9 Å². The highest BCUT2D eigenvalue weighted by Gasteiger charge is 2.18. The summed E-state index contributed by atoms with van der Waals surface area (Å²) in [6, 6.07) is 2.22. The summed E-state index contributed by atoms with van der Waals surface area (Å²) in [7, 11) is -3.92. The van der Waals surface area contributed by atoms with Crippen molar-refractivity contribution in [2.45, 2.75) is 31.2 Å². The van der Waals surface area contributed by atoms with Gasteiger partial charge >= 0.3 is 0 Å². The summed E-state index contributed by atoms with van der Waals surface area (Å²) in [5.41, 5.74) is -0.397. The molecule has 1 aromatic rings. The van der Waals surface area contributed by atoms with Crippen molar-refractivity contribution in [3.63, 3.8) is 0 Å². The van der Waals surface area contributed by atoms with Gasteiger partial charge in [-0.25, -0.2) is 13.6 Å². The number of carbonyl (C=O) groups is 1. The van der Waals surface area contributed by atoms with E-state index in [1.165, 1.54) is 0 Å². The molecule has 0 heterocycles. The van der Waals surface area contributed by atoms with Crippen LogP contribution in [0.3, 0.4) is 0 Å². The fourth-order valence-electron chi connectivity index (χ4n) is 1.43. The molecule has 0 saturated carbocycles. The quantitative estimate of drug-likeness (QED) is 0.862. The maximum absolute atomic E-state index is 11.6. The molecule has 0 fully saturated rings. The van der Waals surface area contributed by atoms with Gasteiger partial charge < -0.3 is 10.1 Å². The lowest BCUT2D eigenvalue weighted by molar-refractivity contribution is -0.124. The molecule has 0 aliphatic rings. The third-order valence-electron chi connectivity index (χ3n) is 2.16. The predicted molar refractivity (Wildman–Crippen MR) is 81.2 cm³/mol. The Balaban J connectivity index is 2.89. The monoisotopic (exact) mass is 354 g/mol. The van der Waals surface area contributed by atoms with Crippen molar-refractivity contribution in [2.75, 3.05) is 6.61 Å². The molecule has 118 valence electrons. The zero-order valence-electron chi connectivity index (χ0n) is 11.7. The molecule has 6 nitrogen and oxygen atoms in total. The minimum absolute atomic E-state index is 0.0230. The van der Waals surface area contributed by atoms with E-state index in [4.69, 9.17) is 33.1 Å². The number of amides is 1. The molecule has 0 unspecified atom stereocenters. The van der Waals surface area contributed by atoms with Crippen LogP contribution in [0.25, 0.3) is 0 Å². The van der Waals surface area contributed by atoms with E-state index < -0.39 is 15.6 Å². The van der Waals surface area contributed by atoms with Crippen LogP contribution in [-0.2, 0) is 14.8 Å². The number of nitrogens with two attached hydrogens (primary N) is 1. The third-order valence-corrected chi connectivity index (χ3v) is 3.62. The minimum atomic E-state index is -3.92. The topological polar surface area (TPSA) is 98.5 Å². The average molecular weight is 355 g/mol. The lowest BCUT2D eigenvalue weighted by Crippen LogP contribution is -2.43. The van der Waals surface area contributed by atoms with E-state index in [0.717, 1.165) is 12.1 Å². The van der Waals surface area contributed by atoms with Crippen LogP contribution in [0, 0.1) is 0 Å². The number of ether oxygens (including phenoxy) is 1. The smallest absolute Gasteiger partial charge is 0.258 e. The molecule has 0 saturated heterocycles. The second-order valence-electron chi connectivity index (χ2n) is 5.35. The Kier molecular flexibility index (Phi) is 5.49. The molecule has 3 N–H and O–H groups in total. The van der Waals surface area contributed by atoms with E-state index in [1.54, 1.807) is 0 Å². The average Bonchev–Trinajstić information content (AvgIpc) is 2.23. The largest absolute Gasteiger partial charge is 0.481 e. The number of benzene rings is 1. The summed E-state index contributed by atoms with van der Waals surface area (Å²) in [6.45, 7) is 5.18. The molecular weight excluding hydrogens is 339 g/mol. The van der Waals surface area contributed by atoms with Gasteiger partial charge in [0.2, 0.25) is 10.0 Å². The second kappa shape index (κ2) is 6.39. The Hall–Kier alpha value is -1.02. The number of hydrogen-bond donors (Lipinski definition) is 2. The third kappa shape index (κ3) is 5.70. The molecule has 0 aromatic heterocycles. The van der Waals surface area contributed by atoms with Crippen molar-refractivity contribution in [3.8, 4) is 5.75 Å². The first-order valence-corrected chi connectivity index (χ1v) is 8.16. The van der Waals surface area contributed by atoms with E-state index in [-0.39, 0.29) is 33.2 Å². The highest BCUT2D eigenvalue weighted by molar-refractivity contribution is 7.89. The fraction of sp³-hybridized carbons (Fsp3) is 0.417. The SMILES string of the molecule is CC(C)(C)NC(=O)COc1c(Cl)cc(S(N)(=O)=O)cc1Cl. The molecular formula is C12H16Cl2N2O4S. The van der Waals surface area contributed by atoms with Crippen LogP contribution in [-0.4, -0.2) is 26.5 Å². The molecule has 1 amide bonds. The van der Waals surface area contributed by atoms with Gasteiger partial charge in [0.1, 0.15) is 0 Å². The Labute approximate surface area is 133 Å². The molecule has 0 aliphatic carbocycles. The summed E-state index contributed by atoms with van der Waals surface area (Å²) in [5.74, 6) is -0.333. The molecule has 0 aliphatic heterocycles.